The molecule has 0 spiro atoms. The van der Waals surface area contributed by atoms with Crippen LogP contribution in [-0.2, 0) is 0 Å². The molecule has 0 atom stereocenters. The lowest BCUT2D eigenvalue weighted by molar-refractivity contribution is 0.0380. The van der Waals surface area contributed by atoms with E-state index in [9.17, 15) is 5.11 Å². The first-order valence-corrected chi connectivity index (χ1v) is 6.86. The Morgan fingerprint density at radius 3 is 2.56 bits per heavy atom. The highest BCUT2D eigenvalue weighted by atomic mass is 16.3. The second-order valence-corrected chi connectivity index (χ2v) is 5.44. The minimum absolute atomic E-state index is 0.575. The summed E-state index contributed by atoms with van der Waals surface area (Å²) in [5.74, 6) is 0.799. The van der Waals surface area contributed by atoms with Crippen LogP contribution in [0, 0.1) is 13.8 Å². The van der Waals surface area contributed by atoms with Crippen LogP contribution < -0.4 is 5.32 Å². The standard InChI is InChI=1S/C14H23N3O/c1-11-9-15-12(2)13(17-11)16-10-14(18)7-5-3-4-6-8-14/h9,18H,3-8,10H2,1-2H3,(H,16,17). The molecule has 0 unspecified atom stereocenters. The Hall–Kier alpha value is -1.16. The van der Waals surface area contributed by atoms with E-state index in [4.69, 9.17) is 0 Å². The van der Waals surface area contributed by atoms with E-state index < -0.39 is 5.60 Å². The topological polar surface area (TPSA) is 58.0 Å². The van der Waals surface area contributed by atoms with Crippen molar-refractivity contribution in [3.63, 3.8) is 0 Å². The van der Waals surface area contributed by atoms with Crippen LogP contribution in [0.3, 0.4) is 0 Å². The van der Waals surface area contributed by atoms with Gasteiger partial charge in [0, 0.05) is 12.7 Å². The predicted molar refractivity (Wildman–Crippen MR) is 72.6 cm³/mol. The molecule has 1 saturated carbocycles. The number of aliphatic hydroxyl groups is 1. The quantitative estimate of drug-likeness (QED) is 0.808. The van der Waals surface area contributed by atoms with Crippen molar-refractivity contribution < 1.29 is 5.11 Å². The average molecular weight is 249 g/mol. The summed E-state index contributed by atoms with van der Waals surface area (Å²) in [4.78, 5) is 8.70. The first-order valence-electron chi connectivity index (χ1n) is 6.86. The van der Waals surface area contributed by atoms with Gasteiger partial charge < -0.3 is 10.4 Å². The highest BCUT2D eigenvalue weighted by Crippen LogP contribution is 2.27. The molecular weight excluding hydrogens is 226 g/mol. The van der Waals surface area contributed by atoms with Gasteiger partial charge in [-0.3, -0.25) is 4.98 Å². The fraction of sp³-hybridized carbons (Fsp3) is 0.714. The second kappa shape index (κ2) is 5.65. The molecule has 2 N–H and O–H groups in total. The molecular formula is C14H23N3O. The smallest absolute Gasteiger partial charge is 0.147 e. The SMILES string of the molecule is Cc1cnc(C)c(NCC2(O)CCCCCC2)n1. The fourth-order valence-corrected chi connectivity index (χ4v) is 2.52. The van der Waals surface area contributed by atoms with E-state index in [0.717, 1.165) is 42.9 Å². The number of aryl methyl sites for hydroxylation is 2. The number of aromatic nitrogens is 2. The molecule has 1 fully saturated rings. The summed E-state index contributed by atoms with van der Waals surface area (Å²) >= 11 is 0. The van der Waals surface area contributed by atoms with Crippen molar-refractivity contribution in [1.29, 1.82) is 0 Å². The van der Waals surface area contributed by atoms with Crippen molar-refractivity contribution in [3.05, 3.63) is 17.6 Å². The Balaban J connectivity index is 1.99. The lowest BCUT2D eigenvalue weighted by Crippen LogP contribution is -2.36. The summed E-state index contributed by atoms with van der Waals surface area (Å²) < 4.78 is 0. The van der Waals surface area contributed by atoms with Crippen LogP contribution in [-0.4, -0.2) is 27.2 Å². The maximum absolute atomic E-state index is 10.6. The molecule has 0 radical (unpaired) electrons. The van der Waals surface area contributed by atoms with Gasteiger partial charge >= 0.3 is 0 Å². The van der Waals surface area contributed by atoms with Crippen molar-refractivity contribution in [1.82, 2.24) is 9.97 Å². The van der Waals surface area contributed by atoms with Crippen LogP contribution in [0.5, 0.6) is 0 Å². The van der Waals surface area contributed by atoms with E-state index in [1.807, 2.05) is 13.8 Å². The van der Waals surface area contributed by atoms with E-state index in [1.54, 1.807) is 6.20 Å². The summed E-state index contributed by atoms with van der Waals surface area (Å²) in [5.41, 5.74) is 1.21. The molecule has 2 rings (SSSR count). The van der Waals surface area contributed by atoms with Gasteiger partial charge in [0.2, 0.25) is 0 Å². The van der Waals surface area contributed by atoms with Gasteiger partial charge in [-0.05, 0) is 26.7 Å². The van der Waals surface area contributed by atoms with E-state index in [1.165, 1.54) is 12.8 Å². The molecule has 1 aromatic rings. The second-order valence-electron chi connectivity index (χ2n) is 5.44. The summed E-state index contributed by atoms with van der Waals surface area (Å²) in [7, 11) is 0. The molecule has 0 amide bonds. The molecule has 4 heteroatoms. The molecule has 1 aromatic heterocycles. The highest BCUT2D eigenvalue weighted by molar-refractivity contribution is 5.39. The van der Waals surface area contributed by atoms with Gasteiger partial charge in [-0.2, -0.15) is 0 Å². The van der Waals surface area contributed by atoms with Crippen molar-refractivity contribution in [2.24, 2.45) is 0 Å². The monoisotopic (exact) mass is 249 g/mol. The summed E-state index contributed by atoms with van der Waals surface area (Å²) in [6, 6.07) is 0. The van der Waals surface area contributed by atoms with Gasteiger partial charge in [0.05, 0.1) is 17.0 Å². The van der Waals surface area contributed by atoms with Crippen LogP contribution in [0.2, 0.25) is 0 Å². The predicted octanol–water partition coefficient (Wildman–Crippen LogP) is 2.59. The van der Waals surface area contributed by atoms with Crippen molar-refractivity contribution in [2.75, 3.05) is 11.9 Å². The summed E-state index contributed by atoms with van der Waals surface area (Å²) in [5, 5.41) is 13.8. The van der Waals surface area contributed by atoms with Gasteiger partial charge in [0.25, 0.3) is 0 Å². The molecule has 0 aromatic carbocycles. The Bertz CT molecular complexity index is 398. The van der Waals surface area contributed by atoms with Crippen LogP contribution in [0.1, 0.15) is 49.9 Å². The van der Waals surface area contributed by atoms with Gasteiger partial charge in [-0.15, -0.1) is 0 Å². The van der Waals surface area contributed by atoms with Crippen LogP contribution in [0.15, 0.2) is 6.20 Å². The van der Waals surface area contributed by atoms with E-state index in [2.05, 4.69) is 15.3 Å². The molecule has 18 heavy (non-hydrogen) atoms. The molecule has 0 saturated heterocycles. The zero-order valence-electron chi connectivity index (χ0n) is 11.4. The lowest BCUT2D eigenvalue weighted by Gasteiger charge is -2.27. The maximum Gasteiger partial charge on any atom is 0.147 e. The molecule has 0 bridgehead atoms. The van der Waals surface area contributed by atoms with Crippen LogP contribution in [0.25, 0.3) is 0 Å². The van der Waals surface area contributed by atoms with Gasteiger partial charge in [0.1, 0.15) is 5.82 Å². The minimum Gasteiger partial charge on any atom is -0.388 e. The average Bonchev–Trinajstić information content (AvgIpc) is 2.56. The number of nitrogens with zero attached hydrogens (tertiary/aromatic N) is 2. The minimum atomic E-state index is -0.575. The molecule has 4 nitrogen and oxygen atoms in total. The molecule has 1 heterocycles. The number of rotatable bonds is 3. The van der Waals surface area contributed by atoms with Gasteiger partial charge in [-0.25, -0.2) is 4.98 Å². The fourth-order valence-electron chi connectivity index (χ4n) is 2.52. The lowest BCUT2D eigenvalue weighted by atomic mass is 9.94. The summed E-state index contributed by atoms with van der Waals surface area (Å²) in [6.45, 7) is 4.44. The zero-order valence-corrected chi connectivity index (χ0v) is 11.4. The van der Waals surface area contributed by atoms with Crippen molar-refractivity contribution >= 4 is 5.82 Å². The maximum atomic E-state index is 10.6. The normalized spacial score (nSPS) is 19.3. The van der Waals surface area contributed by atoms with Crippen LogP contribution in [0.4, 0.5) is 5.82 Å². The van der Waals surface area contributed by atoms with Crippen molar-refractivity contribution in [2.45, 2.75) is 58.0 Å². The van der Waals surface area contributed by atoms with Gasteiger partial charge in [-0.1, -0.05) is 25.7 Å². The molecule has 1 aliphatic carbocycles. The number of nitrogens with one attached hydrogen (secondary N) is 1. The van der Waals surface area contributed by atoms with Gasteiger partial charge in [0.15, 0.2) is 0 Å². The Labute approximate surface area is 109 Å². The third-order valence-electron chi connectivity index (χ3n) is 3.70. The summed E-state index contributed by atoms with van der Waals surface area (Å²) in [6.07, 6.45) is 8.27. The third-order valence-corrected chi connectivity index (χ3v) is 3.70. The highest BCUT2D eigenvalue weighted by Gasteiger charge is 2.27. The van der Waals surface area contributed by atoms with Crippen LogP contribution >= 0.6 is 0 Å². The Morgan fingerprint density at radius 1 is 1.22 bits per heavy atom. The molecule has 100 valence electrons. The Morgan fingerprint density at radius 2 is 1.89 bits per heavy atom. The van der Waals surface area contributed by atoms with E-state index in [-0.39, 0.29) is 0 Å². The molecule has 0 aliphatic heterocycles. The van der Waals surface area contributed by atoms with Crippen molar-refractivity contribution in [3.8, 4) is 0 Å². The Kier molecular flexibility index (Phi) is 4.17. The first kappa shape index (κ1) is 13.3. The third kappa shape index (κ3) is 3.42. The zero-order chi connectivity index (χ0) is 13.0. The van der Waals surface area contributed by atoms with E-state index in [0.29, 0.717) is 6.54 Å². The number of anilines is 1. The van der Waals surface area contributed by atoms with E-state index >= 15 is 0 Å². The number of hydrogen-bond donors (Lipinski definition) is 2. The first-order chi connectivity index (χ1) is 8.59. The molecule has 1 aliphatic rings. The number of hydrogen-bond acceptors (Lipinski definition) is 4. The largest absolute Gasteiger partial charge is 0.388 e.